The number of ether oxygens (including phenoxy) is 1. The Morgan fingerprint density at radius 3 is 2.24 bits per heavy atom. The quantitative estimate of drug-likeness (QED) is 0.376. The van der Waals surface area contributed by atoms with Gasteiger partial charge in [-0.2, -0.15) is 0 Å². The lowest BCUT2D eigenvalue weighted by Gasteiger charge is -2.35. The fraction of sp³-hybridized carbons (Fsp3) is 0.385. The average molecular weight is 467 g/mol. The number of hydrogen-bond donors (Lipinski definition) is 0. The van der Waals surface area contributed by atoms with E-state index in [1.165, 1.54) is 54.5 Å². The van der Waals surface area contributed by atoms with Crippen LogP contribution in [0, 0.1) is 5.82 Å². The van der Waals surface area contributed by atoms with Crippen LogP contribution in [0.25, 0.3) is 0 Å². The Labute approximate surface area is 197 Å². The van der Waals surface area contributed by atoms with E-state index in [2.05, 4.69) is 4.74 Å². The van der Waals surface area contributed by atoms with Gasteiger partial charge in [-0.15, -0.1) is 0 Å². The van der Waals surface area contributed by atoms with Gasteiger partial charge in [0.15, 0.2) is 0 Å². The second-order valence-electron chi connectivity index (χ2n) is 8.66. The zero-order valence-corrected chi connectivity index (χ0v) is 19.0. The summed E-state index contributed by atoms with van der Waals surface area (Å²) in [5, 5.41) is 0. The number of carbonyl (C=O) groups is 4. The summed E-state index contributed by atoms with van der Waals surface area (Å²) in [5.74, 6) is -2.72. The molecule has 0 aromatic heterocycles. The van der Waals surface area contributed by atoms with E-state index in [0.717, 1.165) is 30.6 Å². The van der Waals surface area contributed by atoms with Crippen LogP contribution in [-0.2, 0) is 14.3 Å². The molecule has 2 aromatic rings. The van der Waals surface area contributed by atoms with Gasteiger partial charge in [0.2, 0.25) is 5.91 Å². The highest BCUT2D eigenvalue weighted by Crippen LogP contribution is 2.32. The van der Waals surface area contributed by atoms with E-state index in [4.69, 9.17) is 0 Å². The molecule has 2 fully saturated rings. The molecule has 1 saturated heterocycles. The molecular weight excluding hydrogens is 439 g/mol. The normalized spacial score (nSPS) is 19.1. The molecule has 0 radical (unpaired) electrons. The number of esters is 1. The molecule has 1 aliphatic carbocycles. The van der Waals surface area contributed by atoms with Gasteiger partial charge in [0, 0.05) is 6.04 Å². The SMILES string of the molecule is COC(=O)c1ccc(N2C(=O)CC(N(C(=O)c3ccccc3F)C3CCCCCC3)C2=O)cc1. The van der Waals surface area contributed by atoms with Gasteiger partial charge in [-0.25, -0.2) is 14.1 Å². The molecule has 178 valence electrons. The molecule has 0 bridgehead atoms. The van der Waals surface area contributed by atoms with E-state index in [1.807, 2.05) is 0 Å². The number of amides is 3. The second kappa shape index (κ2) is 10.2. The summed E-state index contributed by atoms with van der Waals surface area (Å²) in [6, 6.07) is 10.4. The minimum atomic E-state index is -1.01. The topological polar surface area (TPSA) is 84.0 Å². The summed E-state index contributed by atoms with van der Waals surface area (Å²) < 4.78 is 19.2. The summed E-state index contributed by atoms with van der Waals surface area (Å²) in [5.41, 5.74) is 0.494. The van der Waals surface area contributed by atoms with Gasteiger partial charge in [-0.3, -0.25) is 14.4 Å². The third kappa shape index (κ3) is 4.58. The standard InChI is InChI=1S/C26H27FN2O5/c1-34-26(33)17-12-14-19(15-13-17)29-23(30)16-22(25(29)32)28(18-8-4-2-3-5-9-18)24(31)20-10-6-7-11-21(20)27/h6-7,10-15,18,22H,2-5,8-9,16H2,1H3. The Hall–Kier alpha value is -3.55. The highest BCUT2D eigenvalue weighted by molar-refractivity contribution is 6.23. The number of methoxy groups -OCH3 is 1. The van der Waals surface area contributed by atoms with Crippen molar-refractivity contribution in [3.05, 3.63) is 65.5 Å². The predicted octanol–water partition coefficient (Wildman–Crippen LogP) is 4.11. The van der Waals surface area contributed by atoms with Gasteiger partial charge >= 0.3 is 5.97 Å². The van der Waals surface area contributed by atoms with Gasteiger partial charge in [0.25, 0.3) is 11.8 Å². The highest BCUT2D eigenvalue weighted by Gasteiger charge is 2.47. The van der Waals surface area contributed by atoms with E-state index in [1.54, 1.807) is 6.07 Å². The van der Waals surface area contributed by atoms with E-state index in [-0.39, 0.29) is 23.6 Å². The van der Waals surface area contributed by atoms with Crippen LogP contribution < -0.4 is 4.90 Å². The molecule has 8 heteroatoms. The molecule has 3 amide bonds. The van der Waals surface area contributed by atoms with Crippen LogP contribution in [0.15, 0.2) is 48.5 Å². The Morgan fingerprint density at radius 1 is 0.971 bits per heavy atom. The number of carbonyl (C=O) groups excluding carboxylic acids is 4. The van der Waals surface area contributed by atoms with Crippen LogP contribution in [-0.4, -0.2) is 47.8 Å². The van der Waals surface area contributed by atoms with Crippen molar-refractivity contribution in [3.8, 4) is 0 Å². The maximum atomic E-state index is 14.5. The summed E-state index contributed by atoms with van der Waals surface area (Å²) in [6.45, 7) is 0. The number of nitrogens with zero attached hydrogens (tertiary/aromatic N) is 2. The third-order valence-electron chi connectivity index (χ3n) is 6.56. The number of halogens is 1. The number of anilines is 1. The van der Waals surface area contributed by atoms with Crippen LogP contribution in [0.4, 0.5) is 10.1 Å². The first-order valence-corrected chi connectivity index (χ1v) is 11.5. The molecular formula is C26H27FN2O5. The predicted molar refractivity (Wildman–Crippen MR) is 123 cm³/mol. The molecule has 34 heavy (non-hydrogen) atoms. The van der Waals surface area contributed by atoms with Gasteiger partial charge in [-0.05, 0) is 49.2 Å². The molecule has 1 aliphatic heterocycles. The zero-order chi connectivity index (χ0) is 24.2. The highest BCUT2D eigenvalue weighted by atomic mass is 19.1. The van der Waals surface area contributed by atoms with Gasteiger partial charge < -0.3 is 9.64 Å². The average Bonchev–Trinajstić information content (AvgIpc) is 3.00. The summed E-state index contributed by atoms with van der Waals surface area (Å²) in [7, 11) is 1.27. The van der Waals surface area contributed by atoms with Crippen LogP contribution in [0.3, 0.4) is 0 Å². The lowest BCUT2D eigenvalue weighted by Crippen LogP contribution is -2.51. The van der Waals surface area contributed by atoms with Crippen molar-refractivity contribution in [2.75, 3.05) is 12.0 Å². The van der Waals surface area contributed by atoms with Crippen molar-refractivity contribution in [1.82, 2.24) is 4.90 Å². The molecule has 1 heterocycles. The maximum absolute atomic E-state index is 14.5. The minimum Gasteiger partial charge on any atom is -0.465 e. The van der Waals surface area contributed by atoms with E-state index in [0.29, 0.717) is 18.5 Å². The van der Waals surface area contributed by atoms with Crippen LogP contribution in [0.2, 0.25) is 0 Å². The summed E-state index contributed by atoms with van der Waals surface area (Å²) >= 11 is 0. The van der Waals surface area contributed by atoms with Crippen LogP contribution in [0.5, 0.6) is 0 Å². The third-order valence-corrected chi connectivity index (χ3v) is 6.56. The number of hydrogen-bond acceptors (Lipinski definition) is 5. The molecule has 1 atom stereocenters. The second-order valence-corrected chi connectivity index (χ2v) is 8.66. The fourth-order valence-corrected chi connectivity index (χ4v) is 4.84. The summed E-state index contributed by atoms with van der Waals surface area (Å²) in [6.07, 6.45) is 5.10. The van der Waals surface area contributed by atoms with Crippen LogP contribution >= 0.6 is 0 Å². The Bertz CT molecular complexity index is 1090. The monoisotopic (exact) mass is 466 g/mol. The molecule has 1 unspecified atom stereocenters. The lowest BCUT2D eigenvalue weighted by molar-refractivity contribution is -0.123. The maximum Gasteiger partial charge on any atom is 0.337 e. The van der Waals surface area contributed by atoms with Crippen molar-refractivity contribution < 1.29 is 28.3 Å². The molecule has 1 saturated carbocycles. The Balaban J connectivity index is 1.67. The molecule has 0 spiro atoms. The first-order chi connectivity index (χ1) is 16.4. The molecule has 4 rings (SSSR count). The Morgan fingerprint density at radius 2 is 1.62 bits per heavy atom. The lowest BCUT2D eigenvalue weighted by atomic mass is 10.0. The number of benzene rings is 2. The van der Waals surface area contributed by atoms with Crippen molar-refractivity contribution in [1.29, 1.82) is 0 Å². The smallest absolute Gasteiger partial charge is 0.337 e. The van der Waals surface area contributed by atoms with Crippen molar-refractivity contribution in [3.63, 3.8) is 0 Å². The van der Waals surface area contributed by atoms with Crippen molar-refractivity contribution in [2.45, 2.75) is 57.0 Å². The molecule has 2 aliphatic rings. The van der Waals surface area contributed by atoms with E-state index in [9.17, 15) is 23.6 Å². The number of imide groups is 1. The van der Waals surface area contributed by atoms with Crippen molar-refractivity contribution >= 4 is 29.4 Å². The largest absolute Gasteiger partial charge is 0.465 e. The van der Waals surface area contributed by atoms with Gasteiger partial charge in [0.1, 0.15) is 11.9 Å². The van der Waals surface area contributed by atoms with E-state index >= 15 is 0 Å². The molecule has 7 nitrogen and oxygen atoms in total. The first kappa shape index (κ1) is 23.6. The van der Waals surface area contributed by atoms with Crippen LogP contribution in [0.1, 0.15) is 65.7 Å². The number of rotatable bonds is 5. The molecule has 0 N–H and O–H groups in total. The minimum absolute atomic E-state index is 0.104. The first-order valence-electron chi connectivity index (χ1n) is 11.5. The molecule has 2 aromatic carbocycles. The van der Waals surface area contributed by atoms with E-state index < -0.39 is 35.5 Å². The Kier molecular flexibility index (Phi) is 7.05. The van der Waals surface area contributed by atoms with Crippen molar-refractivity contribution in [2.24, 2.45) is 0 Å². The van der Waals surface area contributed by atoms with Gasteiger partial charge in [-0.1, -0.05) is 37.8 Å². The zero-order valence-electron chi connectivity index (χ0n) is 19.0. The fourth-order valence-electron chi connectivity index (χ4n) is 4.84. The summed E-state index contributed by atoms with van der Waals surface area (Å²) in [4.78, 5) is 54.2. The van der Waals surface area contributed by atoms with Gasteiger partial charge in [0.05, 0.1) is 30.3 Å².